The van der Waals surface area contributed by atoms with Crippen LogP contribution in [0, 0.1) is 7.53 Å². The van der Waals surface area contributed by atoms with Gasteiger partial charge in [0.25, 0.3) is 0 Å². The second-order valence-corrected chi connectivity index (χ2v) is 9.77. The second kappa shape index (κ2) is 10.4. The lowest BCUT2D eigenvalue weighted by atomic mass is 10.1. The molecule has 0 saturated carbocycles. The van der Waals surface area contributed by atoms with E-state index in [1.807, 2.05) is 0 Å². The summed E-state index contributed by atoms with van der Waals surface area (Å²) < 4.78 is 3.80. The van der Waals surface area contributed by atoms with Gasteiger partial charge in [-0.1, -0.05) is 6.92 Å². The Morgan fingerprint density at radius 3 is 2.68 bits per heavy atom. The first kappa shape index (κ1) is 24.2. The lowest BCUT2D eigenvalue weighted by molar-refractivity contribution is -0.140. The molecule has 170 valence electrons. The van der Waals surface area contributed by atoms with Crippen LogP contribution in [0.5, 0.6) is 0 Å². The monoisotopic (exact) mass is 656 g/mol. The minimum Gasteiger partial charge on any atom is -0.368 e. The summed E-state index contributed by atoms with van der Waals surface area (Å²) in [5.74, 6) is -1.49. The highest BCUT2D eigenvalue weighted by atomic mass is 127. The number of nitrogens with one attached hydrogen (secondary N) is 2. The van der Waals surface area contributed by atoms with E-state index in [1.54, 1.807) is 0 Å². The fraction of sp³-hybridized carbons (Fsp3) is 0.632. The third kappa shape index (κ3) is 5.49. The summed E-state index contributed by atoms with van der Waals surface area (Å²) in [6.45, 7) is 3.29. The summed E-state index contributed by atoms with van der Waals surface area (Å²) in [5, 5.41) is 5.43. The van der Waals surface area contributed by atoms with E-state index in [1.165, 1.54) is 4.90 Å². The van der Waals surface area contributed by atoms with Crippen LogP contribution in [0.4, 0.5) is 0 Å². The maximum absolute atomic E-state index is 13.4. The van der Waals surface area contributed by atoms with E-state index in [4.69, 9.17) is 5.73 Å². The lowest BCUT2D eigenvalue weighted by Gasteiger charge is -2.28. The number of aromatic nitrogens is 2. The standard InChI is InChI=1S/C19H26I2N6O4/c1-2-7-27-15(20)11(25-19(27)21)9-12(24-17(30)10-5-6-14(28)23-10)18(31)26-8-3-4-13(26)16(22)29/h10,12-13H,2-9H2,1H3,(H2,22,29)(H,23,28)(H,24,30)/t10-,12-,13-/m0/s1. The van der Waals surface area contributed by atoms with Crippen LogP contribution < -0.4 is 16.4 Å². The van der Waals surface area contributed by atoms with E-state index in [2.05, 4.69) is 72.3 Å². The first-order valence-corrected chi connectivity index (χ1v) is 12.5. The Hall–Kier alpha value is -1.45. The van der Waals surface area contributed by atoms with Crippen molar-refractivity contribution >= 4 is 68.8 Å². The maximum Gasteiger partial charge on any atom is 0.246 e. The normalized spacial score (nSPS) is 21.8. The predicted octanol–water partition coefficient (Wildman–Crippen LogP) is 0.285. The average molecular weight is 656 g/mol. The molecule has 1 aromatic heterocycles. The highest BCUT2D eigenvalue weighted by molar-refractivity contribution is 14.1. The molecule has 2 aliphatic heterocycles. The van der Waals surface area contributed by atoms with Crippen LogP contribution in [0.2, 0.25) is 0 Å². The van der Waals surface area contributed by atoms with Crippen molar-refractivity contribution in [1.82, 2.24) is 25.1 Å². The maximum atomic E-state index is 13.4. The number of carbonyl (C=O) groups is 4. The molecule has 0 aromatic carbocycles. The van der Waals surface area contributed by atoms with Crippen molar-refractivity contribution in [1.29, 1.82) is 0 Å². The van der Waals surface area contributed by atoms with Crippen molar-refractivity contribution in [2.75, 3.05) is 6.54 Å². The van der Waals surface area contributed by atoms with Gasteiger partial charge in [0.2, 0.25) is 23.6 Å². The molecule has 31 heavy (non-hydrogen) atoms. The van der Waals surface area contributed by atoms with Gasteiger partial charge < -0.3 is 25.8 Å². The zero-order valence-electron chi connectivity index (χ0n) is 17.2. The Morgan fingerprint density at radius 2 is 2.06 bits per heavy atom. The molecule has 0 spiro atoms. The molecule has 2 aliphatic rings. The number of nitrogens with two attached hydrogens (primary N) is 1. The molecule has 0 aliphatic carbocycles. The third-order valence-corrected chi connectivity index (χ3v) is 7.59. The van der Waals surface area contributed by atoms with Gasteiger partial charge in [0.05, 0.1) is 5.69 Å². The minimum atomic E-state index is -0.903. The van der Waals surface area contributed by atoms with Gasteiger partial charge in [-0.3, -0.25) is 19.2 Å². The van der Waals surface area contributed by atoms with E-state index in [-0.39, 0.29) is 24.7 Å². The summed E-state index contributed by atoms with van der Waals surface area (Å²) in [6, 6.07) is -2.24. The molecule has 0 bridgehead atoms. The molecule has 0 unspecified atom stereocenters. The average Bonchev–Trinajstić information content (AvgIpc) is 3.43. The van der Waals surface area contributed by atoms with Crippen LogP contribution >= 0.6 is 45.2 Å². The largest absolute Gasteiger partial charge is 0.368 e. The van der Waals surface area contributed by atoms with Gasteiger partial charge in [-0.05, 0) is 70.9 Å². The van der Waals surface area contributed by atoms with E-state index in [0.717, 1.165) is 20.5 Å². The van der Waals surface area contributed by atoms with Crippen LogP contribution in [0.25, 0.3) is 0 Å². The smallest absolute Gasteiger partial charge is 0.246 e. The predicted molar refractivity (Wildman–Crippen MR) is 129 cm³/mol. The van der Waals surface area contributed by atoms with E-state index in [0.29, 0.717) is 31.5 Å². The summed E-state index contributed by atoms with van der Waals surface area (Å²) in [5.41, 5.74) is 6.20. The summed E-state index contributed by atoms with van der Waals surface area (Å²) >= 11 is 4.36. The molecule has 3 heterocycles. The molecule has 4 N–H and O–H groups in total. The van der Waals surface area contributed by atoms with Crippen molar-refractivity contribution in [3.8, 4) is 0 Å². The Kier molecular flexibility index (Phi) is 8.15. The van der Waals surface area contributed by atoms with Crippen LogP contribution in [-0.4, -0.2) is 62.7 Å². The molecule has 0 radical (unpaired) electrons. The van der Waals surface area contributed by atoms with Crippen LogP contribution in [-0.2, 0) is 32.1 Å². The fourth-order valence-electron chi connectivity index (χ4n) is 4.00. The summed E-state index contributed by atoms with van der Waals surface area (Å²) in [6.07, 6.45) is 3.00. The van der Waals surface area contributed by atoms with Gasteiger partial charge in [-0.25, -0.2) is 4.98 Å². The van der Waals surface area contributed by atoms with Gasteiger partial charge >= 0.3 is 0 Å². The molecule has 2 saturated heterocycles. The minimum absolute atomic E-state index is 0.182. The summed E-state index contributed by atoms with van der Waals surface area (Å²) in [4.78, 5) is 55.5. The Morgan fingerprint density at radius 1 is 1.32 bits per heavy atom. The third-order valence-electron chi connectivity index (χ3n) is 5.56. The number of halogens is 2. The van der Waals surface area contributed by atoms with Crippen molar-refractivity contribution in [2.45, 2.75) is 70.1 Å². The quantitative estimate of drug-likeness (QED) is 0.346. The molecule has 1 aromatic rings. The highest BCUT2D eigenvalue weighted by Crippen LogP contribution is 2.22. The van der Waals surface area contributed by atoms with Crippen molar-refractivity contribution in [3.63, 3.8) is 0 Å². The number of amides is 4. The summed E-state index contributed by atoms with van der Waals surface area (Å²) in [7, 11) is 0. The number of hydrogen-bond donors (Lipinski definition) is 3. The molecule has 3 rings (SSSR count). The first-order chi connectivity index (χ1) is 14.7. The van der Waals surface area contributed by atoms with E-state index >= 15 is 0 Å². The zero-order valence-corrected chi connectivity index (χ0v) is 21.5. The Labute approximate surface area is 207 Å². The molecule has 4 amide bonds. The molecular formula is C19H26I2N6O4. The molecule has 10 nitrogen and oxygen atoms in total. The van der Waals surface area contributed by atoms with Gasteiger partial charge in [0, 0.05) is 25.9 Å². The first-order valence-electron chi connectivity index (χ1n) is 10.3. The van der Waals surface area contributed by atoms with Crippen LogP contribution in [0.1, 0.15) is 44.7 Å². The number of imidazole rings is 1. The number of primary amides is 1. The van der Waals surface area contributed by atoms with Gasteiger partial charge in [-0.15, -0.1) is 0 Å². The molecule has 12 heteroatoms. The van der Waals surface area contributed by atoms with Crippen molar-refractivity contribution in [2.24, 2.45) is 5.73 Å². The Balaban J connectivity index is 1.84. The number of likely N-dealkylation sites (tertiary alicyclic amines) is 1. The highest BCUT2D eigenvalue weighted by Gasteiger charge is 2.38. The van der Waals surface area contributed by atoms with E-state index < -0.39 is 29.9 Å². The number of rotatable bonds is 8. The Bertz CT molecular complexity index is 889. The molecule has 2 fully saturated rings. The molecule has 3 atom stereocenters. The fourth-order valence-corrected chi connectivity index (χ4v) is 6.05. The SMILES string of the molecule is CCCn1c(I)nc(C[C@H](NC(=O)[C@@H]2CCC(=O)N2)C(=O)N2CCC[C@H]2C(N)=O)c1I. The number of hydrogen-bond acceptors (Lipinski definition) is 5. The van der Waals surface area contributed by atoms with Crippen molar-refractivity contribution in [3.05, 3.63) is 13.2 Å². The van der Waals surface area contributed by atoms with Gasteiger partial charge in [0.15, 0.2) is 3.83 Å². The second-order valence-electron chi connectivity index (χ2n) is 7.79. The topological polar surface area (TPSA) is 139 Å². The lowest BCUT2D eigenvalue weighted by Crippen LogP contribution is -2.56. The zero-order chi connectivity index (χ0) is 22.7. The molecular weight excluding hydrogens is 630 g/mol. The number of carbonyl (C=O) groups excluding carboxylic acids is 4. The van der Waals surface area contributed by atoms with Gasteiger partial charge in [0.1, 0.15) is 21.8 Å². The number of nitrogens with zero attached hydrogens (tertiary/aromatic N) is 3. The van der Waals surface area contributed by atoms with Gasteiger partial charge in [-0.2, -0.15) is 0 Å². The van der Waals surface area contributed by atoms with Crippen LogP contribution in [0.3, 0.4) is 0 Å². The van der Waals surface area contributed by atoms with E-state index in [9.17, 15) is 19.2 Å². The van der Waals surface area contributed by atoms with Crippen LogP contribution in [0.15, 0.2) is 0 Å². The van der Waals surface area contributed by atoms with Crippen molar-refractivity contribution < 1.29 is 19.2 Å².